The van der Waals surface area contributed by atoms with Crippen LogP contribution < -0.4 is 5.73 Å². The number of halogens is 3. The molecule has 2 aromatic rings. The summed E-state index contributed by atoms with van der Waals surface area (Å²) in [4.78, 5) is 0. The fraction of sp³-hybridized carbons (Fsp3) is 0.250. The smallest absolute Gasteiger partial charge is 0.148 e. The average Bonchev–Trinajstić information content (AvgIpc) is 2.44. The Morgan fingerprint density at radius 1 is 1.05 bits per heavy atom. The fourth-order valence-corrected chi connectivity index (χ4v) is 2.53. The molecule has 1 atom stereocenters. The lowest BCUT2D eigenvalue weighted by molar-refractivity contribution is 0.599. The van der Waals surface area contributed by atoms with Gasteiger partial charge < -0.3 is 5.73 Å². The SMILES string of the molecule is CC(C)c1ccc(C(N)c2ccc(Br)c(Cl)c2F)cc1. The second kappa shape index (κ2) is 6.25. The first-order valence-electron chi connectivity index (χ1n) is 6.40. The first-order chi connectivity index (χ1) is 9.41. The van der Waals surface area contributed by atoms with Gasteiger partial charge in [0.25, 0.3) is 0 Å². The molecule has 0 aliphatic heterocycles. The zero-order valence-corrected chi connectivity index (χ0v) is 13.7. The molecule has 4 heteroatoms. The summed E-state index contributed by atoms with van der Waals surface area (Å²) in [5.41, 5.74) is 8.65. The molecule has 0 bridgehead atoms. The van der Waals surface area contributed by atoms with Crippen LogP contribution in [0.25, 0.3) is 0 Å². The topological polar surface area (TPSA) is 26.0 Å². The highest BCUT2D eigenvalue weighted by Crippen LogP contribution is 2.32. The molecule has 0 heterocycles. The maximum Gasteiger partial charge on any atom is 0.148 e. The molecule has 0 fully saturated rings. The number of benzene rings is 2. The van der Waals surface area contributed by atoms with Crippen molar-refractivity contribution >= 4 is 27.5 Å². The van der Waals surface area contributed by atoms with E-state index in [-0.39, 0.29) is 5.02 Å². The van der Waals surface area contributed by atoms with Crippen LogP contribution >= 0.6 is 27.5 Å². The summed E-state index contributed by atoms with van der Waals surface area (Å²) >= 11 is 9.10. The zero-order valence-electron chi connectivity index (χ0n) is 11.3. The van der Waals surface area contributed by atoms with Crippen LogP contribution in [0.15, 0.2) is 40.9 Å². The van der Waals surface area contributed by atoms with Crippen molar-refractivity contribution in [1.29, 1.82) is 0 Å². The summed E-state index contributed by atoms with van der Waals surface area (Å²) in [5, 5.41) is 0.0664. The van der Waals surface area contributed by atoms with Crippen molar-refractivity contribution in [3.05, 3.63) is 68.4 Å². The van der Waals surface area contributed by atoms with Crippen LogP contribution in [-0.4, -0.2) is 0 Å². The van der Waals surface area contributed by atoms with Crippen LogP contribution in [-0.2, 0) is 0 Å². The highest BCUT2D eigenvalue weighted by Gasteiger charge is 2.17. The second-order valence-electron chi connectivity index (χ2n) is 5.06. The summed E-state index contributed by atoms with van der Waals surface area (Å²) in [7, 11) is 0. The Morgan fingerprint density at radius 2 is 1.60 bits per heavy atom. The number of nitrogens with two attached hydrogens (primary N) is 1. The van der Waals surface area contributed by atoms with E-state index in [1.807, 2.05) is 24.3 Å². The van der Waals surface area contributed by atoms with Crippen molar-refractivity contribution < 1.29 is 4.39 Å². The van der Waals surface area contributed by atoms with Crippen LogP contribution in [0.2, 0.25) is 5.02 Å². The molecule has 2 aromatic carbocycles. The molecule has 0 spiro atoms. The van der Waals surface area contributed by atoms with Crippen LogP contribution in [0.1, 0.15) is 42.5 Å². The molecule has 0 aromatic heterocycles. The predicted octanol–water partition coefficient (Wildman–Crippen LogP) is 5.41. The first kappa shape index (κ1) is 15.5. The number of hydrogen-bond donors (Lipinski definition) is 1. The van der Waals surface area contributed by atoms with Crippen molar-refractivity contribution in [3.63, 3.8) is 0 Å². The Bertz CT molecular complexity index is 611. The Labute approximate surface area is 132 Å². The summed E-state index contributed by atoms with van der Waals surface area (Å²) in [6.45, 7) is 4.26. The van der Waals surface area contributed by atoms with Gasteiger partial charge in [-0.2, -0.15) is 0 Å². The summed E-state index contributed by atoms with van der Waals surface area (Å²) < 4.78 is 14.7. The van der Waals surface area contributed by atoms with Gasteiger partial charge in [-0.1, -0.05) is 55.8 Å². The van der Waals surface area contributed by atoms with Gasteiger partial charge in [-0.3, -0.25) is 0 Å². The van der Waals surface area contributed by atoms with Crippen LogP contribution in [0.5, 0.6) is 0 Å². The third-order valence-electron chi connectivity index (χ3n) is 3.36. The van der Waals surface area contributed by atoms with E-state index in [0.29, 0.717) is 16.0 Å². The molecule has 0 saturated carbocycles. The van der Waals surface area contributed by atoms with Gasteiger partial charge in [0.2, 0.25) is 0 Å². The average molecular weight is 357 g/mol. The molecular formula is C16H16BrClFN. The van der Waals surface area contributed by atoms with Gasteiger partial charge in [-0.25, -0.2) is 4.39 Å². The molecule has 106 valence electrons. The first-order valence-corrected chi connectivity index (χ1v) is 7.57. The molecule has 2 rings (SSSR count). The number of rotatable bonds is 3. The Kier molecular flexibility index (Phi) is 4.84. The standard InChI is InChI=1S/C16H16BrClFN/c1-9(2)10-3-5-11(6-4-10)16(20)12-7-8-13(17)14(18)15(12)19/h3-9,16H,20H2,1-2H3. The monoisotopic (exact) mass is 355 g/mol. The Morgan fingerprint density at radius 3 is 2.15 bits per heavy atom. The molecule has 0 amide bonds. The lowest BCUT2D eigenvalue weighted by Gasteiger charge is -2.16. The van der Waals surface area contributed by atoms with Crippen molar-refractivity contribution in [2.75, 3.05) is 0 Å². The molecule has 1 unspecified atom stereocenters. The van der Waals surface area contributed by atoms with Crippen LogP contribution in [0.4, 0.5) is 4.39 Å². The van der Waals surface area contributed by atoms with Gasteiger partial charge in [0.05, 0.1) is 11.1 Å². The maximum atomic E-state index is 14.2. The van der Waals surface area contributed by atoms with Crippen molar-refractivity contribution in [3.8, 4) is 0 Å². The minimum atomic E-state index is -0.526. The van der Waals surface area contributed by atoms with E-state index in [0.717, 1.165) is 5.56 Å². The van der Waals surface area contributed by atoms with Crippen molar-refractivity contribution in [1.82, 2.24) is 0 Å². The van der Waals surface area contributed by atoms with Gasteiger partial charge in [-0.05, 0) is 39.0 Å². The molecule has 20 heavy (non-hydrogen) atoms. The molecule has 1 nitrogen and oxygen atoms in total. The van der Waals surface area contributed by atoms with E-state index in [2.05, 4.69) is 29.8 Å². The van der Waals surface area contributed by atoms with E-state index in [1.54, 1.807) is 12.1 Å². The van der Waals surface area contributed by atoms with Gasteiger partial charge in [-0.15, -0.1) is 0 Å². The van der Waals surface area contributed by atoms with Gasteiger partial charge in [0, 0.05) is 10.0 Å². The minimum absolute atomic E-state index is 0.0664. The molecule has 2 N–H and O–H groups in total. The molecule has 0 aliphatic carbocycles. The molecule has 0 radical (unpaired) electrons. The van der Waals surface area contributed by atoms with Crippen LogP contribution in [0.3, 0.4) is 0 Å². The third-order valence-corrected chi connectivity index (χ3v) is 4.62. The Hall–Kier alpha value is -0.900. The van der Waals surface area contributed by atoms with E-state index >= 15 is 0 Å². The predicted molar refractivity (Wildman–Crippen MR) is 85.7 cm³/mol. The summed E-state index contributed by atoms with van der Waals surface area (Å²) in [6.07, 6.45) is 0. The largest absolute Gasteiger partial charge is 0.320 e. The summed E-state index contributed by atoms with van der Waals surface area (Å²) in [5.74, 6) is -0.0133. The lowest BCUT2D eigenvalue weighted by Crippen LogP contribution is -2.14. The second-order valence-corrected chi connectivity index (χ2v) is 6.30. The van der Waals surface area contributed by atoms with E-state index in [4.69, 9.17) is 17.3 Å². The minimum Gasteiger partial charge on any atom is -0.320 e. The lowest BCUT2D eigenvalue weighted by atomic mass is 9.95. The zero-order chi connectivity index (χ0) is 14.9. The third kappa shape index (κ3) is 3.05. The van der Waals surface area contributed by atoms with Crippen molar-refractivity contribution in [2.24, 2.45) is 5.73 Å². The normalized spacial score (nSPS) is 12.8. The van der Waals surface area contributed by atoms with Gasteiger partial charge in [0.15, 0.2) is 0 Å². The molecule has 0 aliphatic rings. The van der Waals surface area contributed by atoms with Crippen LogP contribution in [0, 0.1) is 5.82 Å². The fourth-order valence-electron chi connectivity index (χ4n) is 2.05. The quantitative estimate of drug-likeness (QED) is 0.731. The number of hydrogen-bond acceptors (Lipinski definition) is 1. The molecule has 0 saturated heterocycles. The molecular weight excluding hydrogens is 341 g/mol. The highest BCUT2D eigenvalue weighted by molar-refractivity contribution is 9.10. The van der Waals surface area contributed by atoms with Crippen molar-refractivity contribution in [2.45, 2.75) is 25.8 Å². The van der Waals surface area contributed by atoms with E-state index in [1.165, 1.54) is 5.56 Å². The van der Waals surface area contributed by atoms with E-state index < -0.39 is 11.9 Å². The van der Waals surface area contributed by atoms with Gasteiger partial charge >= 0.3 is 0 Å². The van der Waals surface area contributed by atoms with E-state index in [9.17, 15) is 4.39 Å². The Balaban J connectivity index is 2.36. The van der Waals surface area contributed by atoms with Gasteiger partial charge in [0.1, 0.15) is 5.82 Å². The highest BCUT2D eigenvalue weighted by atomic mass is 79.9. The summed E-state index contributed by atoms with van der Waals surface area (Å²) in [6, 6.07) is 10.8. The maximum absolute atomic E-state index is 14.2.